The van der Waals surface area contributed by atoms with Gasteiger partial charge in [-0.05, 0) is 13.0 Å². The van der Waals surface area contributed by atoms with E-state index in [4.69, 9.17) is 16.1 Å². The zero-order chi connectivity index (χ0) is 10.8. The smallest absolute Gasteiger partial charge is 0.139 e. The third-order valence-electron chi connectivity index (χ3n) is 2.27. The second kappa shape index (κ2) is 4.04. The van der Waals surface area contributed by atoms with Crippen LogP contribution in [0.3, 0.4) is 0 Å². The van der Waals surface area contributed by atoms with E-state index in [1.165, 1.54) is 0 Å². The maximum Gasteiger partial charge on any atom is 0.139 e. The van der Waals surface area contributed by atoms with Gasteiger partial charge in [-0.25, -0.2) is 0 Å². The molecular formula is C11H10ClNO2. The first-order valence-electron chi connectivity index (χ1n) is 4.55. The summed E-state index contributed by atoms with van der Waals surface area (Å²) in [6, 6.07) is 7.34. The summed E-state index contributed by atoms with van der Waals surface area (Å²) in [5, 5.41) is 13.7. The molecule has 15 heavy (non-hydrogen) atoms. The average molecular weight is 224 g/mol. The van der Waals surface area contributed by atoms with Gasteiger partial charge in [-0.1, -0.05) is 35.0 Å². The summed E-state index contributed by atoms with van der Waals surface area (Å²) in [6.45, 7) is 1.66. The Hall–Kier alpha value is -1.32. The molecule has 0 saturated heterocycles. The number of aliphatic hydroxyl groups is 1. The first-order chi connectivity index (χ1) is 7.24. The molecule has 0 unspecified atom stereocenters. The Labute approximate surface area is 92.3 Å². The number of aromatic nitrogens is 1. The van der Waals surface area contributed by atoms with Crippen LogP contribution in [0.5, 0.6) is 0 Å². The Kier molecular flexibility index (Phi) is 2.75. The number of aliphatic hydroxyl groups excluding tert-OH is 1. The van der Waals surface area contributed by atoms with E-state index >= 15 is 0 Å². The van der Waals surface area contributed by atoms with E-state index in [0.717, 1.165) is 5.56 Å². The third kappa shape index (κ3) is 1.76. The fraction of sp³-hybridized carbons (Fsp3) is 0.182. The van der Waals surface area contributed by atoms with Crippen LogP contribution in [0.1, 0.15) is 11.3 Å². The van der Waals surface area contributed by atoms with Crippen molar-refractivity contribution in [1.29, 1.82) is 0 Å². The SMILES string of the molecule is Cc1onc(-c2ccccc2Cl)c1CO. The Bertz CT molecular complexity index is 479. The number of hydrogen-bond donors (Lipinski definition) is 1. The monoisotopic (exact) mass is 223 g/mol. The second-order valence-electron chi connectivity index (χ2n) is 3.20. The molecule has 1 heterocycles. The van der Waals surface area contributed by atoms with Gasteiger partial charge in [0.15, 0.2) is 0 Å². The van der Waals surface area contributed by atoms with E-state index in [2.05, 4.69) is 5.16 Å². The molecule has 78 valence electrons. The van der Waals surface area contributed by atoms with Crippen LogP contribution in [0.25, 0.3) is 11.3 Å². The van der Waals surface area contributed by atoms with E-state index in [1.807, 2.05) is 18.2 Å². The quantitative estimate of drug-likeness (QED) is 0.852. The molecule has 0 bridgehead atoms. The molecule has 2 aromatic rings. The van der Waals surface area contributed by atoms with Gasteiger partial charge in [0, 0.05) is 11.1 Å². The standard InChI is InChI=1S/C11H10ClNO2/c1-7-9(6-14)11(13-15-7)8-4-2-3-5-10(8)12/h2-5,14H,6H2,1H3. The molecule has 1 aromatic heterocycles. The third-order valence-corrected chi connectivity index (χ3v) is 2.60. The summed E-state index contributed by atoms with van der Waals surface area (Å²) >= 11 is 6.03. The number of nitrogens with zero attached hydrogens (tertiary/aromatic N) is 1. The van der Waals surface area contributed by atoms with Crippen LogP contribution in [0.2, 0.25) is 5.02 Å². The highest BCUT2D eigenvalue weighted by molar-refractivity contribution is 6.33. The lowest BCUT2D eigenvalue weighted by Gasteiger charge is -2.01. The lowest BCUT2D eigenvalue weighted by molar-refractivity contribution is 0.278. The van der Waals surface area contributed by atoms with Crippen LogP contribution >= 0.6 is 11.6 Å². The molecule has 4 heteroatoms. The lowest BCUT2D eigenvalue weighted by atomic mass is 10.1. The van der Waals surface area contributed by atoms with Crippen molar-refractivity contribution in [2.24, 2.45) is 0 Å². The van der Waals surface area contributed by atoms with Gasteiger partial charge in [-0.2, -0.15) is 0 Å². The van der Waals surface area contributed by atoms with Crippen molar-refractivity contribution < 1.29 is 9.63 Å². The van der Waals surface area contributed by atoms with Gasteiger partial charge in [0.05, 0.1) is 11.6 Å². The summed E-state index contributed by atoms with van der Waals surface area (Å²) in [7, 11) is 0. The Morgan fingerprint density at radius 2 is 2.13 bits per heavy atom. The molecule has 1 aromatic carbocycles. The normalized spacial score (nSPS) is 10.6. The highest BCUT2D eigenvalue weighted by Crippen LogP contribution is 2.30. The minimum atomic E-state index is -0.101. The summed E-state index contributed by atoms with van der Waals surface area (Å²) in [6.07, 6.45) is 0. The highest BCUT2D eigenvalue weighted by Gasteiger charge is 2.15. The highest BCUT2D eigenvalue weighted by atomic mass is 35.5. The Morgan fingerprint density at radius 3 is 2.80 bits per heavy atom. The lowest BCUT2D eigenvalue weighted by Crippen LogP contribution is -1.88. The van der Waals surface area contributed by atoms with Crippen LogP contribution in [0.4, 0.5) is 0 Å². The van der Waals surface area contributed by atoms with Crippen LogP contribution in [0, 0.1) is 6.92 Å². The fourth-order valence-electron chi connectivity index (χ4n) is 1.44. The van der Waals surface area contributed by atoms with Crippen molar-refractivity contribution in [1.82, 2.24) is 5.16 Å². The van der Waals surface area contributed by atoms with E-state index < -0.39 is 0 Å². The number of halogens is 1. The molecule has 0 radical (unpaired) electrons. The van der Waals surface area contributed by atoms with Crippen molar-refractivity contribution >= 4 is 11.6 Å². The molecule has 0 aliphatic heterocycles. The number of aryl methyl sites for hydroxylation is 1. The number of benzene rings is 1. The summed E-state index contributed by atoms with van der Waals surface area (Å²) in [4.78, 5) is 0. The van der Waals surface area contributed by atoms with Gasteiger partial charge in [-0.3, -0.25) is 0 Å². The predicted molar refractivity (Wildman–Crippen MR) is 57.6 cm³/mol. The zero-order valence-corrected chi connectivity index (χ0v) is 8.95. The summed E-state index contributed by atoms with van der Waals surface area (Å²) in [5.74, 6) is 0.618. The Morgan fingerprint density at radius 1 is 1.40 bits per heavy atom. The molecule has 1 N–H and O–H groups in total. The first kappa shape index (κ1) is 10.2. The molecule has 2 rings (SSSR count). The van der Waals surface area contributed by atoms with Gasteiger partial charge in [0.25, 0.3) is 0 Å². The minimum Gasteiger partial charge on any atom is -0.391 e. The van der Waals surface area contributed by atoms with Gasteiger partial charge in [0.1, 0.15) is 11.5 Å². The minimum absolute atomic E-state index is 0.101. The van der Waals surface area contributed by atoms with Crippen molar-refractivity contribution in [3.63, 3.8) is 0 Å². The molecular weight excluding hydrogens is 214 g/mol. The summed E-state index contributed by atoms with van der Waals surface area (Å²) < 4.78 is 5.03. The van der Waals surface area contributed by atoms with Crippen molar-refractivity contribution in [2.75, 3.05) is 0 Å². The van der Waals surface area contributed by atoms with Crippen molar-refractivity contribution in [3.8, 4) is 11.3 Å². The molecule has 0 fully saturated rings. The molecule has 0 spiro atoms. The van der Waals surface area contributed by atoms with Crippen LogP contribution < -0.4 is 0 Å². The maximum absolute atomic E-state index is 9.20. The van der Waals surface area contributed by atoms with Gasteiger partial charge in [0.2, 0.25) is 0 Å². The van der Waals surface area contributed by atoms with E-state index in [9.17, 15) is 5.11 Å². The fourth-order valence-corrected chi connectivity index (χ4v) is 1.67. The second-order valence-corrected chi connectivity index (χ2v) is 3.61. The topological polar surface area (TPSA) is 46.3 Å². The van der Waals surface area contributed by atoms with Crippen molar-refractivity contribution in [3.05, 3.63) is 40.6 Å². The number of rotatable bonds is 2. The van der Waals surface area contributed by atoms with E-state index in [-0.39, 0.29) is 6.61 Å². The zero-order valence-electron chi connectivity index (χ0n) is 8.20. The van der Waals surface area contributed by atoms with Gasteiger partial charge < -0.3 is 9.63 Å². The van der Waals surface area contributed by atoms with Crippen molar-refractivity contribution in [2.45, 2.75) is 13.5 Å². The van der Waals surface area contributed by atoms with E-state index in [1.54, 1.807) is 13.0 Å². The van der Waals surface area contributed by atoms with Crippen LogP contribution in [-0.4, -0.2) is 10.3 Å². The van der Waals surface area contributed by atoms with Gasteiger partial charge in [-0.15, -0.1) is 0 Å². The molecule has 0 amide bonds. The van der Waals surface area contributed by atoms with Crippen LogP contribution in [0.15, 0.2) is 28.8 Å². The molecule has 0 atom stereocenters. The molecule has 0 aliphatic rings. The largest absolute Gasteiger partial charge is 0.391 e. The first-order valence-corrected chi connectivity index (χ1v) is 4.92. The van der Waals surface area contributed by atoms with E-state index in [0.29, 0.717) is 22.0 Å². The molecule has 3 nitrogen and oxygen atoms in total. The van der Waals surface area contributed by atoms with Crippen LogP contribution in [-0.2, 0) is 6.61 Å². The number of hydrogen-bond acceptors (Lipinski definition) is 3. The maximum atomic E-state index is 9.20. The predicted octanol–water partition coefficient (Wildman–Crippen LogP) is 2.80. The Balaban J connectivity index is 2.59. The molecule has 0 aliphatic carbocycles. The summed E-state index contributed by atoms with van der Waals surface area (Å²) in [5.41, 5.74) is 2.07. The average Bonchev–Trinajstić information content (AvgIpc) is 2.60. The molecule has 0 saturated carbocycles. The van der Waals surface area contributed by atoms with Gasteiger partial charge >= 0.3 is 0 Å².